The maximum absolute atomic E-state index is 12.8. The Bertz CT molecular complexity index is 958. The van der Waals surface area contributed by atoms with Gasteiger partial charge in [0.25, 0.3) is 0 Å². The first kappa shape index (κ1) is 23.4. The number of ether oxygens (including phenoxy) is 1. The minimum Gasteiger partial charge on any atom is -0.450 e. The molecule has 1 unspecified atom stereocenters. The second-order valence-corrected chi connectivity index (χ2v) is 10.7. The lowest BCUT2D eigenvalue weighted by atomic mass is 10.2. The van der Waals surface area contributed by atoms with Gasteiger partial charge in [0.2, 0.25) is 11.8 Å². The van der Waals surface area contributed by atoms with Gasteiger partial charge in [0.1, 0.15) is 0 Å². The summed E-state index contributed by atoms with van der Waals surface area (Å²) in [6, 6.07) is 4.68. The Kier molecular flexibility index (Phi) is 7.47. The van der Waals surface area contributed by atoms with Crippen molar-refractivity contribution in [2.24, 2.45) is 0 Å². The van der Waals surface area contributed by atoms with Crippen LogP contribution in [0.25, 0.3) is 0 Å². The van der Waals surface area contributed by atoms with E-state index < -0.39 is 15.9 Å². The summed E-state index contributed by atoms with van der Waals surface area (Å²) < 4.78 is 30.5. The molecule has 2 aliphatic heterocycles. The quantitative estimate of drug-likeness (QED) is 0.678. The number of amides is 3. The van der Waals surface area contributed by atoms with Crippen molar-refractivity contribution in [1.82, 2.24) is 9.80 Å². The molecule has 0 bridgehead atoms. The summed E-state index contributed by atoms with van der Waals surface area (Å²) in [5, 5.41) is 2.59. The molecule has 2 aliphatic rings. The topological polar surface area (TPSA) is 113 Å². The third kappa shape index (κ3) is 5.51. The van der Waals surface area contributed by atoms with Crippen LogP contribution in [0.5, 0.6) is 0 Å². The molecule has 3 rings (SSSR count). The molecular weight excluding hydrogens is 442 g/mol. The first-order chi connectivity index (χ1) is 14.7. The van der Waals surface area contributed by atoms with E-state index in [4.69, 9.17) is 4.74 Å². The highest BCUT2D eigenvalue weighted by Crippen LogP contribution is 2.38. The third-order valence-corrected chi connectivity index (χ3v) is 8.40. The predicted molar refractivity (Wildman–Crippen MR) is 117 cm³/mol. The highest BCUT2D eigenvalue weighted by Gasteiger charge is 2.28. The second kappa shape index (κ2) is 9.90. The van der Waals surface area contributed by atoms with Gasteiger partial charge in [-0.2, -0.15) is 0 Å². The van der Waals surface area contributed by atoms with Gasteiger partial charge in [-0.25, -0.2) is 13.2 Å². The molecule has 170 valence electrons. The number of fused-ring (bicyclic) bond motifs is 1. The van der Waals surface area contributed by atoms with Crippen LogP contribution in [0.3, 0.4) is 0 Å². The highest BCUT2D eigenvalue weighted by molar-refractivity contribution is 8.01. The van der Waals surface area contributed by atoms with Crippen molar-refractivity contribution < 1.29 is 27.5 Å². The molecule has 0 aliphatic carbocycles. The molecule has 0 spiro atoms. The van der Waals surface area contributed by atoms with E-state index in [9.17, 15) is 22.8 Å². The van der Waals surface area contributed by atoms with Crippen molar-refractivity contribution in [2.75, 3.05) is 43.9 Å². The molecule has 9 nitrogen and oxygen atoms in total. The number of anilines is 1. The van der Waals surface area contributed by atoms with E-state index in [1.54, 1.807) is 17.9 Å². The van der Waals surface area contributed by atoms with Crippen molar-refractivity contribution in [3.05, 3.63) is 18.2 Å². The van der Waals surface area contributed by atoms with E-state index in [0.29, 0.717) is 44.9 Å². The Morgan fingerprint density at radius 2 is 1.84 bits per heavy atom. The molecular formula is C20H27N3O6S2. The van der Waals surface area contributed by atoms with Crippen LogP contribution in [-0.2, 0) is 24.2 Å². The maximum atomic E-state index is 12.8. The molecule has 3 amide bonds. The standard InChI is InChI=1S/C20H27N3O6S2/c1-3-16-19(25)21-15-13-14(5-6-17(15)30-16)31(27,28)12-7-18(24)22-8-10-23(11-9-22)20(26)29-4-2/h5-6,13,16H,3-4,7-12H2,1-2H3,(H,21,25). The number of hydrogen-bond donors (Lipinski definition) is 1. The average Bonchev–Trinajstić information content (AvgIpc) is 2.76. The smallest absolute Gasteiger partial charge is 0.409 e. The van der Waals surface area contributed by atoms with Gasteiger partial charge < -0.3 is 19.9 Å². The number of nitrogens with one attached hydrogen (secondary N) is 1. The van der Waals surface area contributed by atoms with Crippen LogP contribution < -0.4 is 5.32 Å². The van der Waals surface area contributed by atoms with Gasteiger partial charge in [-0.1, -0.05) is 6.92 Å². The Balaban J connectivity index is 1.57. The molecule has 0 radical (unpaired) electrons. The van der Waals surface area contributed by atoms with E-state index in [-0.39, 0.29) is 34.1 Å². The van der Waals surface area contributed by atoms with Gasteiger partial charge >= 0.3 is 6.09 Å². The summed E-state index contributed by atoms with van der Waals surface area (Å²) in [5.41, 5.74) is 0.488. The molecule has 11 heteroatoms. The first-order valence-corrected chi connectivity index (χ1v) is 12.8. The molecule has 1 N–H and O–H groups in total. The second-order valence-electron chi connectivity index (χ2n) is 7.30. The summed E-state index contributed by atoms with van der Waals surface area (Å²) in [6.07, 6.45) is 0.143. The van der Waals surface area contributed by atoms with E-state index in [2.05, 4.69) is 5.32 Å². The van der Waals surface area contributed by atoms with Gasteiger partial charge in [-0.05, 0) is 31.5 Å². The van der Waals surface area contributed by atoms with E-state index in [1.165, 1.54) is 28.8 Å². The number of sulfone groups is 1. The minimum absolute atomic E-state index is 0.0852. The lowest BCUT2D eigenvalue weighted by Crippen LogP contribution is -2.50. The SMILES string of the molecule is CCOC(=O)N1CCN(C(=O)CCS(=O)(=O)c2ccc3c(c2)NC(=O)C(CC)S3)CC1. The molecule has 1 aromatic carbocycles. The summed E-state index contributed by atoms with van der Waals surface area (Å²) in [7, 11) is -3.69. The van der Waals surface area contributed by atoms with Crippen molar-refractivity contribution in [3.8, 4) is 0 Å². The molecule has 0 saturated carbocycles. The van der Waals surface area contributed by atoms with Crippen molar-refractivity contribution >= 4 is 45.2 Å². The number of nitrogens with zero attached hydrogens (tertiary/aromatic N) is 2. The summed E-state index contributed by atoms with van der Waals surface area (Å²) in [4.78, 5) is 40.3. The van der Waals surface area contributed by atoms with Crippen LogP contribution in [0.1, 0.15) is 26.7 Å². The fraction of sp³-hybridized carbons (Fsp3) is 0.550. The van der Waals surface area contributed by atoms with E-state index in [0.717, 1.165) is 4.90 Å². The third-order valence-electron chi connectivity index (χ3n) is 5.24. The number of carbonyl (C=O) groups is 3. The summed E-state index contributed by atoms with van der Waals surface area (Å²) in [5.74, 6) is -0.715. The highest BCUT2D eigenvalue weighted by atomic mass is 32.2. The number of carbonyl (C=O) groups excluding carboxylic acids is 3. The summed E-state index contributed by atoms with van der Waals surface area (Å²) in [6.45, 7) is 5.36. The van der Waals surface area contributed by atoms with Crippen LogP contribution in [0.4, 0.5) is 10.5 Å². The largest absolute Gasteiger partial charge is 0.450 e. The van der Waals surface area contributed by atoms with Crippen LogP contribution in [0.2, 0.25) is 0 Å². The van der Waals surface area contributed by atoms with Gasteiger partial charge in [0, 0.05) is 37.5 Å². The zero-order chi connectivity index (χ0) is 22.6. The number of hydrogen-bond acceptors (Lipinski definition) is 7. The number of piperazine rings is 1. The van der Waals surface area contributed by atoms with Crippen LogP contribution in [0.15, 0.2) is 28.0 Å². The molecule has 2 heterocycles. The molecule has 1 fully saturated rings. The molecule has 1 saturated heterocycles. The lowest BCUT2D eigenvalue weighted by Gasteiger charge is -2.34. The zero-order valence-corrected chi connectivity index (χ0v) is 19.3. The summed E-state index contributed by atoms with van der Waals surface area (Å²) >= 11 is 1.42. The molecule has 1 atom stereocenters. The number of benzene rings is 1. The van der Waals surface area contributed by atoms with Crippen molar-refractivity contribution in [3.63, 3.8) is 0 Å². The normalized spacial score (nSPS) is 18.9. The average molecular weight is 470 g/mol. The lowest BCUT2D eigenvalue weighted by molar-refractivity contribution is -0.132. The Morgan fingerprint density at radius 1 is 1.16 bits per heavy atom. The molecule has 31 heavy (non-hydrogen) atoms. The van der Waals surface area contributed by atoms with Gasteiger partial charge in [0.05, 0.1) is 28.2 Å². The van der Waals surface area contributed by atoms with Crippen molar-refractivity contribution in [1.29, 1.82) is 0 Å². The van der Waals surface area contributed by atoms with Crippen LogP contribution in [0, 0.1) is 0 Å². The maximum Gasteiger partial charge on any atom is 0.409 e. The van der Waals surface area contributed by atoms with Gasteiger partial charge in [0.15, 0.2) is 9.84 Å². The van der Waals surface area contributed by atoms with Gasteiger partial charge in [-0.3, -0.25) is 9.59 Å². The number of rotatable bonds is 6. The van der Waals surface area contributed by atoms with E-state index in [1.807, 2.05) is 6.92 Å². The number of thioether (sulfide) groups is 1. The monoisotopic (exact) mass is 469 g/mol. The minimum atomic E-state index is -3.69. The van der Waals surface area contributed by atoms with Crippen LogP contribution >= 0.6 is 11.8 Å². The zero-order valence-electron chi connectivity index (χ0n) is 17.6. The fourth-order valence-corrected chi connectivity index (χ4v) is 5.72. The Labute approximate surface area is 186 Å². The van der Waals surface area contributed by atoms with Gasteiger partial charge in [-0.15, -0.1) is 11.8 Å². The Hall–Kier alpha value is -2.27. The molecule has 0 aromatic heterocycles. The van der Waals surface area contributed by atoms with E-state index >= 15 is 0 Å². The fourth-order valence-electron chi connectivity index (χ4n) is 3.44. The molecule has 1 aromatic rings. The first-order valence-electron chi connectivity index (χ1n) is 10.3. The Morgan fingerprint density at radius 3 is 2.48 bits per heavy atom. The van der Waals surface area contributed by atoms with Crippen molar-refractivity contribution in [2.45, 2.75) is 41.7 Å². The van der Waals surface area contributed by atoms with Crippen LogP contribution in [-0.4, -0.2) is 79.9 Å². The predicted octanol–water partition coefficient (Wildman–Crippen LogP) is 1.97.